The van der Waals surface area contributed by atoms with Gasteiger partial charge in [0, 0.05) is 12.0 Å². The van der Waals surface area contributed by atoms with E-state index in [2.05, 4.69) is 0 Å². The third-order valence-corrected chi connectivity index (χ3v) is 3.76. The van der Waals surface area contributed by atoms with Crippen molar-refractivity contribution in [2.75, 3.05) is 6.54 Å². The highest BCUT2D eigenvalue weighted by Gasteiger charge is 2.37. The number of benzene rings is 1. The van der Waals surface area contributed by atoms with Crippen LogP contribution in [0.25, 0.3) is 0 Å². The molecule has 3 N–H and O–H groups in total. The number of phenols is 1. The molecule has 0 amide bonds. The molecule has 3 heteroatoms. The van der Waals surface area contributed by atoms with Crippen molar-refractivity contribution in [2.24, 2.45) is 5.73 Å². The SMILES string of the molecule is Cc1cc(O)cc(C2(CN)CCCC2)c1F. The lowest BCUT2D eigenvalue weighted by Crippen LogP contribution is -2.33. The third kappa shape index (κ3) is 1.69. The van der Waals surface area contributed by atoms with E-state index in [1.807, 2.05) is 0 Å². The summed E-state index contributed by atoms with van der Waals surface area (Å²) in [6.45, 7) is 2.13. The third-order valence-electron chi connectivity index (χ3n) is 3.76. The van der Waals surface area contributed by atoms with Gasteiger partial charge in [-0.05, 0) is 43.0 Å². The first-order valence-corrected chi connectivity index (χ1v) is 5.79. The fourth-order valence-electron chi connectivity index (χ4n) is 2.77. The number of phenolic OH excluding ortho intramolecular Hbond substituents is 1. The van der Waals surface area contributed by atoms with E-state index in [-0.39, 0.29) is 17.0 Å². The normalized spacial score (nSPS) is 18.9. The fraction of sp³-hybridized carbons (Fsp3) is 0.538. The summed E-state index contributed by atoms with van der Waals surface area (Å²) < 4.78 is 14.1. The van der Waals surface area contributed by atoms with Crippen molar-refractivity contribution in [2.45, 2.75) is 38.0 Å². The van der Waals surface area contributed by atoms with Crippen LogP contribution in [0.2, 0.25) is 0 Å². The Bertz CT molecular complexity index is 397. The topological polar surface area (TPSA) is 46.2 Å². The molecule has 0 aliphatic heterocycles. The van der Waals surface area contributed by atoms with Crippen molar-refractivity contribution < 1.29 is 9.50 Å². The highest BCUT2D eigenvalue weighted by atomic mass is 19.1. The van der Waals surface area contributed by atoms with Gasteiger partial charge in [-0.3, -0.25) is 0 Å². The van der Waals surface area contributed by atoms with Gasteiger partial charge in [0.1, 0.15) is 11.6 Å². The van der Waals surface area contributed by atoms with Crippen LogP contribution in [-0.4, -0.2) is 11.7 Å². The zero-order valence-corrected chi connectivity index (χ0v) is 9.59. The van der Waals surface area contributed by atoms with Crippen LogP contribution in [0.4, 0.5) is 4.39 Å². The number of hydrogen-bond acceptors (Lipinski definition) is 2. The second kappa shape index (κ2) is 4.06. The summed E-state index contributed by atoms with van der Waals surface area (Å²) in [7, 11) is 0. The van der Waals surface area contributed by atoms with E-state index < -0.39 is 0 Å². The average Bonchev–Trinajstić information content (AvgIpc) is 2.73. The molecule has 0 aromatic heterocycles. The van der Waals surface area contributed by atoms with Gasteiger partial charge in [0.05, 0.1) is 0 Å². The molecule has 88 valence electrons. The summed E-state index contributed by atoms with van der Waals surface area (Å²) in [5.74, 6) is -0.0706. The molecule has 0 saturated heterocycles. The van der Waals surface area contributed by atoms with Gasteiger partial charge in [-0.2, -0.15) is 0 Å². The number of rotatable bonds is 2. The van der Waals surface area contributed by atoms with Crippen molar-refractivity contribution in [3.63, 3.8) is 0 Å². The molecule has 0 heterocycles. The Morgan fingerprint density at radius 3 is 2.56 bits per heavy atom. The summed E-state index contributed by atoms with van der Waals surface area (Å²) in [6.07, 6.45) is 4.02. The van der Waals surface area contributed by atoms with Gasteiger partial charge >= 0.3 is 0 Å². The van der Waals surface area contributed by atoms with Gasteiger partial charge < -0.3 is 10.8 Å². The molecule has 0 radical (unpaired) electrons. The number of hydrogen-bond donors (Lipinski definition) is 2. The summed E-state index contributed by atoms with van der Waals surface area (Å²) in [5.41, 5.74) is 6.66. The predicted molar refractivity (Wildman–Crippen MR) is 62.0 cm³/mol. The zero-order chi connectivity index (χ0) is 11.8. The zero-order valence-electron chi connectivity index (χ0n) is 9.59. The van der Waals surface area contributed by atoms with Crippen LogP contribution in [0, 0.1) is 12.7 Å². The van der Waals surface area contributed by atoms with Gasteiger partial charge in [0.2, 0.25) is 0 Å². The average molecular weight is 223 g/mol. The minimum absolute atomic E-state index is 0.133. The molecule has 1 aliphatic carbocycles. The van der Waals surface area contributed by atoms with Crippen molar-refractivity contribution in [1.29, 1.82) is 0 Å². The van der Waals surface area contributed by atoms with Crippen molar-refractivity contribution in [1.82, 2.24) is 0 Å². The standard InChI is InChI=1S/C13H18FNO/c1-9-6-10(16)7-11(12(9)14)13(8-15)4-2-3-5-13/h6-7,16H,2-5,8,15H2,1H3. The van der Waals surface area contributed by atoms with Crippen molar-refractivity contribution in [3.8, 4) is 5.75 Å². The van der Waals surface area contributed by atoms with E-state index in [0.717, 1.165) is 25.7 Å². The largest absolute Gasteiger partial charge is 0.508 e. The number of aryl methyl sites for hydroxylation is 1. The monoisotopic (exact) mass is 223 g/mol. The van der Waals surface area contributed by atoms with E-state index >= 15 is 0 Å². The van der Waals surface area contributed by atoms with E-state index in [1.165, 1.54) is 6.07 Å². The van der Waals surface area contributed by atoms with Gasteiger partial charge in [-0.25, -0.2) is 4.39 Å². The summed E-state index contributed by atoms with van der Waals surface area (Å²) >= 11 is 0. The lowest BCUT2D eigenvalue weighted by molar-refractivity contribution is 0.415. The minimum atomic E-state index is -0.256. The Morgan fingerprint density at radius 1 is 1.38 bits per heavy atom. The first-order valence-electron chi connectivity index (χ1n) is 5.79. The predicted octanol–water partition coefficient (Wildman–Crippen LogP) is 2.61. The van der Waals surface area contributed by atoms with Crippen molar-refractivity contribution in [3.05, 3.63) is 29.1 Å². The van der Waals surface area contributed by atoms with Gasteiger partial charge in [-0.15, -0.1) is 0 Å². The second-order valence-electron chi connectivity index (χ2n) is 4.82. The molecule has 16 heavy (non-hydrogen) atoms. The van der Waals surface area contributed by atoms with Crippen LogP contribution < -0.4 is 5.73 Å². The molecule has 0 spiro atoms. The Balaban J connectivity index is 2.53. The molecule has 1 aliphatic rings. The Labute approximate surface area is 95.3 Å². The van der Waals surface area contributed by atoms with E-state index in [0.29, 0.717) is 17.7 Å². The van der Waals surface area contributed by atoms with Crippen LogP contribution in [0.5, 0.6) is 5.75 Å². The molecule has 1 saturated carbocycles. The smallest absolute Gasteiger partial charge is 0.130 e. The number of halogens is 1. The Kier molecular flexibility index (Phi) is 2.89. The summed E-state index contributed by atoms with van der Waals surface area (Å²) in [5, 5.41) is 9.58. The van der Waals surface area contributed by atoms with E-state index in [4.69, 9.17) is 5.73 Å². The number of aromatic hydroxyl groups is 1. The maximum Gasteiger partial charge on any atom is 0.130 e. The lowest BCUT2D eigenvalue weighted by Gasteiger charge is -2.28. The minimum Gasteiger partial charge on any atom is -0.508 e. The van der Waals surface area contributed by atoms with E-state index in [9.17, 15) is 9.50 Å². The first-order chi connectivity index (χ1) is 7.59. The molecule has 0 bridgehead atoms. The molecule has 0 unspecified atom stereocenters. The van der Waals surface area contributed by atoms with Crippen LogP contribution in [0.1, 0.15) is 36.8 Å². The maximum atomic E-state index is 14.1. The molecular weight excluding hydrogens is 205 g/mol. The Hall–Kier alpha value is -1.09. The molecule has 1 aromatic rings. The summed E-state index contributed by atoms with van der Waals surface area (Å²) in [6, 6.07) is 3.00. The van der Waals surface area contributed by atoms with Crippen LogP contribution in [0.15, 0.2) is 12.1 Å². The number of nitrogens with two attached hydrogens (primary N) is 1. The molecule has 2 nitrogen and oxygen atoms in total. The maximum absolute atomic E-state index is 14.1. The molecule has 1 fully saturated rings. The highest BCUT2D eigenvalue weighted by molar-refractivity contribution is 5.39. The van der Waals surface area contributed by atoms with Gasteiger partial charge in [0.25, 0.3) is 0 Å². The van der Waals surface area contributed by atoms with E-state index in [1.54, 1.807) is 13.0 Å². The molecule has 0 atom stereocenters. The second-order valence-corrected chi connectivity index (χ2v) is 4.82. The molecular formula is C13H18FNO. The first kappa shape index (κ1) is 11.4. The van der Waals surface area contributed by atoms with Crippen LogP contribution >= 0.6 is 0 Å². The van der Waals surface area contributed by atoms with Gasteiger partial charge in [0.15, 0.2) is 0 Å². The van der Waals surface area contributed by atoms with Crippen molar-refractivity contribution >= 4 is 0 Å². The Morgan fingerprint density at radius 2 is 2.00 bits per heavy atom. The quantitative estimate of drug-likeness (QED) is 0.809. The molecule has 2 rings (SSSR count). The lowest BCUT2D eigenvalue weighted by atomic mass is 9.78. The fourth-order valence-corrected chi connectivity index (χ4v) is 2.77. The van der Waals surface area contributed by atoms with Gasteiger partial charge in [-0.1, -0.05) is 12.8 Å². The van der Waals surface area contributed by atoms with Crippen LogP contribution in [0.3, 0.4) is 0 Å². The highest BCUT2D eigenvalue weighted by Crippen LogP contribution is 2.42. The van der Waals surface area contributed by atoms with Crippen LogP contribution in [-0.2, 0) is 5.41 Å². The molecule has 1 aromatic carbocycles. The summed E-state index contributed by atoms with van der Waals surface area (Å²) in [4.78, 5) is 0.